The minimum absolute atomic E-state index is 0.0478. The highest BCUT2D eigenvalue weighted by atomic mass is 35.5. The van der Waals surface area contributed by atoms with Crippen molar-refractivity contribution >= 4 is 34.9 Å². The van der Waals surface area contributed by atoms with Gasteiger partial charge < -0.3 is 10.6 Å². The van der Waals surface area contributed by atoms with E-state index in [0.29, 0.717) is 27.8 Å². The molecule has 1 unspecified atom stereocenters. The molecule has 3 aromatic rings. The van der Waals surface area contributed by atoms with E-state index >= 15 is 0 Å². The van der Waals surface area contributed by atoms with Gasteiger partial charge in [0.25, 0.3) is 0 Å². The van der Waals surface area contributed by atoms with Gasteiger partial charge in [0, 0.05) is 11.6 Å². The topological polar surface area (TPSA) is 76.0 Å². The molecule has 1 aliphatic rings. The lowest BCUT2D eigenvalue weighted by molar-refractivity contribution is -0.125. The smallest absolute Gasteiger partial charge is 0.249 e. The number of fused-ring (bicyclic) bond motifs is 1. The number of nitrogens with one attached hydrogen (secondary N) is 2. The lowest BCUT2D eigenvalue weighted by atomic mass is 10.1. The van der Waals surface area contributed by atoms with E-state index in [2.05, 4.69) is 15.7 Å². The number of rotatable bonds is 3. The maximum atomic E-state index is 13.1. The number of hydrogen-bond donors (Lipinski definition) is 2. The van der Waals surface area contributed by atoms with Crippen molar-refractivity contribution in [3.63, 3.8) is 0 Å². The number of nitrogens with zero attached hydrogens (tertiary/aromatic N) is 2. The Kier molecular flexibility index (Phi) is 4.37. The second-order valence-electron chi connectivity index (χ2n) is 6.10. The van der Waals surface area contributed by atoms with Crippen LogP contribution in [0.3, 0.4) is 0 Å². The maximum Gasteiger partial charge on any atom is 0.249 e. The predicted octanol–water partition coefficient (Wildman–Crippen LogP) is 3.86. The first-order valence-electron chi connectivity index (χ1n) is 8.22. The lowest BCUT2D eigenvalue weighted by Crippen LogP contribution is -2.35. The van der Waals surface area contributed by atoms with Crippen LogP contribution in [0.2, 0.25) is 5.02 Å². The monoisotopic (exact) mass is 384 g/mol. The molecule has 6 nitrogen and oxygen atoms in total. The molecule has 0 spiro atoms. The van der Waals surface area contributed by atoms with Gasteiger partial charge in [0.05, 0.1) is 22.8 Å². The van der Waals surface area contributed by atoms with Gasteiger partial charge in [-0.1, -0.05) is 23.7 Å². The summed E-state index contributed by atoms with van der Waals surface area (Å²) < 4.78 is 14.6. The van der Waals surface area contributed by atoms with Crippen LogP contribution < -0.4 is 10.6 Å². The number of amides is 2. The zero-order valence-electron chi connectivity index (χ0n) is 13.9. The summed E-state index contributed by atoms with van der Waals surface area (Å²) in [5.74, 6) is -0.627. The van der Waals surface area contributed by atoms with Crippen molar-refractivity contribution in [2.24, 2.45) is 0 Å². The molecule has 0 aliphatic carbocycles. The van der Waals surface area contributed by atoms with Gasteiger partial charge in [-0.05, 0) is 36.4 Å². The normalized spacial score (nSPS) is 15.8. The second kappa shape index (κ2) is 6.85. The Morgan fingerprint density at radius 2 is 1.96 bits per heavy atom. The van der Waals surface area contributed by atoms with E-state index in [1.165, 1.54) is 16.8 Å². The number of benzene rings is 2. The Balaban J connectivity index is 1.66. The quantitative estimate of drug-likeness (QED) is 0.719. The number of aromatic nitrogens is 2. The zero-order chi connectivity index (χ0) is 19.0. The van der Waals surface area contributed by atoms with Gasteiger partial charge in [0.1, 0.15) is 17.7 Å². The average molecular weight is 385 g/mol. The fourth-order valence-corrected chi connectivity index (χ4v) is 3.11. The van der Waals surface area contributed by atoms with Gasteiger partial charge in [0.15, 0.2) is 0 Å². The molecule has 1 atom stereocenters. The van der Waals surface area contributed by atoms with Crippen molar-refractivity contribution in [1.82, 2.24) is 9.78 Å². The number of para-hydroxylation sites is 1. The van der Waals surface area contributed by atoms with Crippen molar-refractivity contribution in [2.75, 3.05) is 10.6 Å². The molecule has 1 aromatic heterocycles. The summed E-state index contributed by atoms with van der Waals surface area (Å²) in [6, 6.07) is 13.5. The average Bonchev–Trinajstić information content (AvgIpc) is 3.07. The van der Waals surface area contributed by atoms with E-state index in [1.54, 1.807) is 42.5 Å². The number of carbonyl (C=O) groups excluding carboxylic acids is 2. The summed E-state index contributed by atoms with van der Waals surface area (Å²) in [7, 11) is 0. The fourth-order valence-electron chi connectivity index (χ4n) is 2.93. The van der Waals surface area contributed by atoms with E-state index in [4.69, 9.17) is 11.6 Å². The molecular formula is C19H14ClFN4O2. The van der Waals surface area contributed by atoms with Crippen molar-refractivity contribution < 1.29 is 14.0 Å². The standard InChI is InChI=1S/C19H14ClFN4O2/c20-13-3-1-2-4-14(13)22-19(27)16-10-18(26)23-17-9-15(24-25(16)17)11-5-7-12(21)8-6-11/h1-9,16H,10H2,(H,22,27)(H,23,26). The van der Waals surface area contributed by atoms with Crippen LogP contribution in [-0.4, -0.2) is 21.6 Å². The van der Waals surface area contributed by atoms with Crippen molar-refractivity contribution in [1.29, 1.82) is 0 Å². The Morgan fingerprint density at radius 3 is 2.70 bits per heavy atom. The van der Waals surface area contributed by atoms with Crippen LogP contribution in [0.15, 0.2) is 54.6 Å². The van der Waals surface area contributed by atoms with Gasteiger partial charge in [0.2, 0.25) is 11.8 Å². The van der Waals surface area contributed by atoms with E-state index < -0.39 is 11.9 Å². The second-order valence-corrected chi connectivity index (χ2v) is 6.51. The number of anilines is 2. The maximum absolute atomic E-state index is 13.1. The molecule has 4 rings (SSSR count). The Morgan fingerprint density at radius 1 is 1.22 bits per heavy atom. The largest absolute Gasteiger partial charge is 0.323 e. The molecule has 1 aliphatic heterocycles. The number of hydrogen-bond acceptors (Lipinski definition) is 3. The minimum atomic E-state index is -0.820. The molecule has 0 radical (unpaired) electrons. The first-order chi connectivity index (χ1) is 13.0. The fraction of sp³-hybridized carbons (Fsp3) is 0.105. The first kappa shape index (κ1) is 17.2. The molecule has 0 bridgehead atoms. The zero-order valence-corrected chi connectivity index (χ0v) is 14.7. The van der Waals surface area contributed by atoms with Gasteiger partial charge >= 0.3 is 0 Å². The van der Waals surface area contributed by atoms with Crippen LogP contribution in [0, 0.1) is 5.82 Å². The highest BCUT2D eigenvalue weighted by Crippen LogP contribution is 2.31. The minimum Gasteiger partial charge on any atom is -0.323 e. The Bertz CT molecular complexity index is 1030. The molecule has 136 valence electrons. The van der Waals surface area contributed by atoms with E-state index in [1.807, 2.05) is 0 Å². The van der Waals surface area contributed by atoms with Gasteiger partial charge in [-0.25, -0.2) is 9.07 Å². The Labute approximate surface area is 158 Å². The molecule has 2 N–H and O–H groups in total. The van der Waals surface area contributed by atoms with E-state index in [-0.39, 0.29) is 18.1 Å². The molecule has 27 heavy (non-hydrogen) atoms. The third-order valence-electron chi connectivity index (χ3n) is 4.25. The van der Waals surface area contributed by atoms with Crippen LogP contribution in [0.5, 0.6) is 0 Å². The molecule has 0 saturated heterocycles. The van der Waals surface area contributed by atoms with Gasteiger partial charge in [-0.3, -0.25) is 9.59 Å². The number of carbonyl (C=O) groups is 2. The highest BCUT2D eigenvalue weighted by molar-refractivity contribution is 6.33. The van der Waals surface area contributed by atoms with Crippen LogP contribution >= 0.6 is 11.6 Å². The molecule has 2 aromatic carbocycles. The molecular weight excluding hydrogens is 371 g/mol. The first-order valence-corrected chi connectivity index (χ1v) is 8.60. The third-order valence-corrected chi connectivity index (χ3v) is 4.58. The van der Waals surface area contributed by atoms with Gasteiger partial charge in [-0.15, -0.1) is 0 Å². The summed E-state index contributed by atoms with van der Waals surface area (Å²) >= 11 is 6.09. The van der Waals surface area contributed by atoms with Crippen LogP contribution in [-0.2, 0) is 9.59 Å². The van der Waals surface area contributed by atoms with E-state index in [9.17, 15) is 14.0 Å². The van der Waals surface area contributed by atoms with Gasteiger partial charge in [-0.2, -0.15) is 5.10 Å². The van der Waals surface area contributed by atoms with Crippen LogP contribution in [0.1, 0.15) is 12.5 Å². The van der Waals surface area contributed by atoms with Crippen LogP contribution in [0.25, 0.3) is 11.3 Å². The summed E-state index contributed by atoms with van der Waals surface area (Å²) in [6.45, 7) is 0. The highest BCUT2D eigenvalue weighted by Gasteiger charge is 2.32. The van der Waals surface area contributed by atoms with Crippen molar-refractivity contribution in [3.8, 4) is 11.3 Å². The SMILES string of the molecule is O=C1CC(C(=O)Nc2ccccc2Cl)n2nc(-c3ccc(F)cc3)cc2N1. The molecule has 8 heteroatoms. The van der Waals surface area contributed by atoms with Crippen LogP contribution in [0.4, 0.5) is 15.9 Å². The third kappa shape index (κ3) is 3.41. The molecule has 0 saturated carbocycles. The van der Waals surface area contributed by atoms with Crippen molar-refractivity contribution in [2.45, 2.75) is 12.5 Å². The summed E-state index contributed by atoms with van der Waals surface area (Å²) in [6.07, 6.45) is -0.0478. The molecule has 2 amide bonds. The van der Waals surface area contributed by atoms with E-state index in [0.717, 1.165) is 0 Å². The number of halogens is 2. The predicted molar refractivity (Wildman–Crippen MR) is 100.0 cm³/mol. The molecule has 2 heterocycles. The van der Waals surface area contributed by atoms with Crippen molar-refractivity contribution in [3.05, 3.63) is 65.4 Å². The Hall–Kier alpha value is -3.19. The lowest BCUT2D eigenvalue weighted by Gasteiger charge is -2.23. The summed E-state index contributed by atoms with van der Waals surface area (Å²) in [5.41, 5.74) is 1.67. The summed E-state index contributed by atoms with van der Waals surface area (Å²) in [5, 5.41) is 10.3. The summed E-state index contributed by atoms with van der Waals surface area (Å²) in [4.78, 5) is 24.8. The molecule has 0 fully saturated rings.